The largest absolute Gasteiger partial charge is 0.358 e. The van der Waals surface area contributed by atoms with E-state index in [-0.39, 0.29) is 0 Å². The Labute approximate surface area is 114 Å². The van der Waals surface area contributed by atoms with Gasteiger partial charge in [-0.05, 0) is 24.6 Å². The van der Waals surface area contributed by atoms with Gasteiger partial charge < -0.3 is 10.2 Å². The molecule has 0 unspecified atom stereocenters. The number of fused-ring (bicyclic) bond motifs is 1. The summed E-state index contributed by atoms with van der Waals surface area (Å²) in [6.07, 6.45) is 3.35. The second kappa shape index (κ2) is 6.43. The molecular weight excluding hydrogens is 238 g/mol. The summed E-state index contributed by atoms with van der Waals surface area (Å²) in [5.74, 6) is 1.61. The first-order chi connectivity index (χ1) is 9.16. The van der Waals surface area contributed by atoms with Crippen molar-refractivity contribution in [1.29, 1.82) is 0 Å². The molecule has 0 radical (unpaired) electrons. The summed E-state index contributed by atoms with van der Waals surface area (Å²) in [6, 6.07) is 3.95. The highest BCUT2D eigenvalue weighted by molar-refractivity contribution is 5.71. The Morgan fingerprint density at radius 1 is 1.21 bits per heavy atom. The lowest BCUT2D eigenvalue weighted by molar-refractivity contribution is 0.554. The minimum Gasteiger partial charge on any atom is -0.358 e. The van der Waals surface area contributed by atoms with Gasteiger partial charge >= 0.3 is 0 Å². The van der Waals surface area contributed by atoms with Gasteiger partial charge in [-0.2, -0.15) is 0 Å². The molecule has 0 saturated heterocycles. The second-order valence-corrected chi connectivity index (χ2v) is 5.09. The van der Waals surface area contributed by atoms with Crippen LogP contribution in [0.4, 0.5) is 5.82 Å². The Morgan fingerprint density at radius 2 is 2.00 bits per heavy atom. The molecule has 0 aliphatic heterocycles. The van der Waals surface area contributed by atoms with Gasteiger partial charge in [0.2, 0.25) is 0 Å². The van der Waals surface area contributed by atoms with Crippen LogP contribution in [0, 0.1) is 5.92 Å². The molecule has 2 rings (SSSR count). The van der Waals surface area contributed by atoms with Gasteiger partial charge in [-0.1, -0.05) is 13.8 Å². The Balaban J connectivity index is 1.95. The van der Waals surface area contributed by atoms with E-state index in [0.717, 1.165) is 31.0 Å². The molecule has 2 aromatic heterocycles. The Morgan fingerprint density at radius 3 is 2.79 bits per heavy atom. The molecule has 102 valence electrons. The fourth-order valence-electron chi connectivity index (χ4n) is 1.81. The van der Waals surface area contributed by atoms with Gasteiger partial charge in [0.1, 0.15) is 11.3 Å². The standard InChI is InChI=1S/C14H21N5/c1-11(2)10-15-8-9-19(3)13-5-4-12-14(18-13)17-7-6-16-12/h4-7,11,15H,8-10H2,1-3H3. The van der Waals surface area contributed by atoms with Gasteiger partial charge in [0, 0.05) is 32.5 Å². The quantitative estimate of drug-likeness (QED) is 0.800. The van der Waals surface area contributed by atoms with Gasteiger partial charge in [-0.25, -0.2) is 9.97 Å². The van der Waals surface area contributed by atoms with E-state index in [1.54, 1.807) is 12.4 Å². The average Bonchev–Trinajstić information content (AvgIpc) is 2.42. The van der Waals surface area contributed by atoms with Crippen LogP contribution in [-0.4, -0.2) is 41.6 Å². The van der Waals surface area contributed by atoms with Crippen molar-refractivity contribution in [3.8, 4) is 0 Å². The summed E-state index contributed by atoms with van der Waals surface area (Å²) in [4.78, 5) is 15.1. The van der Waals surface area contributed by atoms with Crippen molar-refractivity contribution >= 4 is 17.0 Å². The Bertz CT molecular complexity index is 526. The molecule has 19 heavy (non-hydrogen) atoms. The van der Waals surface area contributed by atoms with Crippen molar-refractivity contribution in [3.05, 3.63) is 24.5 Å². The summed E-state index contributed by atoms with van der Waals surface area (Å²) in [5.41, 5.74) is 1.53. The molecule has 5 heteroatoms. The Hall–Kier alpha value is -1.75. The van der Waals surface area contributed by atoms with Crippen molar-refractivity contribution in [3.63, 3.8) is 0 Å². The Kier molecular flexibility index (Phi) is 4.63. The maximum Gasteiger partial charge on any atom is 0.180 e. The van der Waals surface area contributed by atoms with Crippen molar-refractivity contribution in [1.82, 2.24) is 20.3 Å². The highest BCUT2D eigenvalue weighted by atomic mass is 15.2. The number of hydrogen-bond acceptors (Lipinski definition) is 5. The van der Waals surface area contributed by atoms with Gasteiger partial charge in [-0.3, -0.25) is 4.98 Å². The number of aromatic nitrogens is 3. The molecule has 2 heterocycles. The van der Waals surface area contributed by atoms with Gasteiger partial charge in [0.25, 0.3) is 0 Å². The maximum absolute atomic E-state index is 4.51. The molecule has 5 nitrogen and oxygen atoms in total. The predicted molar refractivity (Wildman–Crippen MR) is 78.3 cm³/mol. The number of hydrogen-bond donors (Lipinski definition) is 1. The number of anilines is 1. The van der Waals surface area contributed by atoms with E-state index in [2.05, 4.69) is 39.0 Å². The second-order valence-electron chi connectivity index (χ2n) is 5.09. The minimum atomic E-state index is 0.680. The SMILES string of the molecule is CC(C)CNCCN(C)c1ccc2nccnc2n1. The van der Waals surface area contributed by atoms with Gasteiger partial charge in [0.15, 0.2) is 5.65 Å². The topological polar surface area (TPSA) is 53.9 Å². The summed E-state index contributed by atoms with van der Waals surface area (Å²) < 4.78 is 0. The molecule has 0 atom stereocenters. The van der Waals surface area contributed by atoms with Crippen molar-refractivity contribution in [2.45, 2.75) is 13.8 Å². The van der Waals surface area contributed by atoms with Crippen LogP contribution in [0.15, 0.2) is 24.5 Å². The zero-order valence-electron chi connectivity index (χ0n) is 11.8. The number of rotatable bonds is 6. The molecule has 0 aliphatic rings. The molecule has 1 N–H and O–H groups in total. The number of pyridine rings is 1. The first kappa shape index (κ1) is 13.7. The van der Waals surface area contributed by atoms with E-state index in [4.69, 9.17) is 0 Å². The van der Waals surface area contributed by atoms with Crippen LogP contribution in [0.1, 0.15) is 13.8 Å². The highest BCUT2D eigenvalue weighted by Crippen LogP contribution is 2.12. The van der Waals surface area contributed by atoms with Gasteiger partial charge in [0.05, 0.1) is 0 Å². The lowest BCUT2D eigenvalue weighted by Gasteiger charge is -2.18. The summed E-state index contributed by atoms with van der Waals surface area (Å²) in [6.45, 7) is 7.34. The first-order valence-corrected chi connectivity index (χ1v) is 6.66. The third-order valence-corrected chi connectivity index (χ3v) is 2.88. The lowest BCUT2D eigenvalue weighted by atomic mass is 10.2. The number of likely N-dealkylation sites (N-methyl/N-ethyl adjacent to an activating group) is 1. The predicted octanol–water partition coefficient (Wildman–Crippen LogP) is 1.71. The third-order valence-electron chi connectivity index (χ3n) is 2.88. The van der Waals surface area contributed by atoms with E-state index in [0.29, 0.717) is 11.6 Å². The molecular formula is C14H21N5. The summed E-state index contributed by atoms with van der Waals surface area (Å²) >= 11 is 0. The van der Waals surface area contributed by atoms with Crippen molar-refractivity contribution in [2.75, 3.05) is 31.6 Å². The van der Waals surface area contributed by atoms with E-state index in [9.17, 15) is 0 Å². The summed E-state index contributed by atoms with van der Waals surface area (Å²) in [7, 11) is 2.04. The van der Waals surface area contributed by atoms with E-state index < -0.39 is 0 Å². The van der Waals surface area contributed by atoms with E-state index in [1.807, 2.05) is 19.2 Å². The van der Waals surface area contributed by atoms with Crippen LogP contribution in [-0.2, 0) is 0 Å². The number of nitrogens with one attached hydrogen (secondary N) is 1. The van der Waals surface area contributed by atoms with Crippen LogP contribution in [0.5, 0.6) is 0 Å². The fraction of sp³-hybridized carbons (Fsp3) is 0.500. The third kappa shape index (κ3) is 3.86. The molecule has 2 aromatic rings. The van der Waals surface area contributed by atoms with E-state index >= 15 is 0 Å². The lowest BCUT2D eigenvalue weighted by Crippen LogP contribution is -2.31. The molecule has 0 aliphatic carbocycles. The molecule has 0 saturated carbocycles. The molecule has 0 aromatic carbocycles. The van der Waals surface area contributed by atoms with Crippen LogP contribution in [0.2, 0.25) is 0 Å². The van der Waals surface area contributed by atoms with Crippen LogP contribution in [0.3, 0.4) is 0 Å². The smallest absolute Gasteiger partial charge is 0.180 e. The van der Waals surface area contributed by atoms with Crippen LogP contribution in [0.25, 0.3) is 11.2 Å². The number of nitrogens with zero attached hydrogens (tertiary/aromatic N) is 4. The minimum absolute atomic E-state index is 0.680. The van der Waals surface area contributed by atoms with Crippen LogP contribution >= 0.6 is 0 Å². The van der Waals surface area contributed by atoms with Crippen LogP contribution < -0.4 is 10.2 Å². The zero-order chi connectivity index (χ0) is 13.7. The molecule has 0 fully saturated rings. The molecule has 0 amide bonds. The van der Waals surface area contributed by atoms with Crippen molar-refractivity contribution in [2.24, 2.45) is 5.92 Å². The highest BCUT2D eigenvalue weighted by Gasteiger charge is 2.04. The monoisotopic (exact) mass is 259 g/mol. The zero-order valence-corrected chi connectivity index (χ0v) is 11.8. The first-order valence-electron chi connectivity index (χ1n) is 6.66. The fourth-order valence-corrected chi connectivity index (χ4v) is 1.81. The average molecular weight is 259 g/mol. The normalized spacial score (nSPS) is 11.2. The maximum atomic E-state index is 4.51. The van der Waals surface area contributed by atoms with Gasteiger partial charge in [-0.15, -0.1) is 0 Å². The summed E-state index contributed by atoms with van der Waals surface area (Å²) in [5, 5.41) is 3.43. The molecule has 0 spiro atoms. The van der Waals surface area contributed by atoms with E-state index in [1.165, 1.54) is 0 Å². The molecule has 0 bridgehead atoms. The van der Waals surface area contributed by atoms with Crippen molar-refractivity contribution < 1.29 is 0 Å².